The molecule has 13 heavy (non-hydrogen) atoms. The number of nitrogens with zero attached hydrogens (tertiary/aromatic N) is 1. The van der Waals surface area contributed by atoms with E-state index in [9.17, 15) is 0 Å². The van der Waals surface area contributed by atoms with Gasteiger partial charge in [0.1, 0.15) is 5.82 Å². The molecule has 1 aromatic rings. The summed E-state index contributed by atoms with van der Waals surface area (Å²) in [7, 11) is 0. The van der Waals surface area contributed by atoms with E-state index in [2.05, 4.69) is 11.6 Å². The molecular weight excluding hydrogens is 160 g/mol. The van der Waals surface area contributed by atoms with Crippen LogP contribution in [0.4, 0.5) is 5.82 Å². The Morgan fingerprint density at radius 1 is 1.46 bits per heavy atom. The monoisotopic (exact) mass is 176 g/mol. The molecule has 0 spiro atoms. The lowest BCUT2D eigenvalue weighted by molar-refractivity contribution is 0.748. The van der Waals surface area contributed by atoms with Gasteiger partial charge in [-0.1, -0.05) is 12.1 Å². The lowest BCUT2D eigenvalue weighted by Crippen LogP contribution is -1.96. The number of unbranched alkanes of at least 4 members (excludes halogenated alkanes) is 2. The van der Waals surface area contributed by atoms with Gasteiger partial charge < -0.3 is 5.73 Å². The van der Waals surface area contributed by atoms with E-state index < -0.39 is 0 Å². The largest absolute Gasteiger partial charge is 0.383 e. The van der Waals surface area contributed by atoms with Crippen LogP contribution >= 0.6 is 0 Å². The first-order valence-corrected chi connectivity index (χ1v) is 4.65. The van der Waals surface area contributed by atoms with Gasteiger partial charge in [0.15, 0.2) is 0 Å². The Labute approximate surface area is 79.5 Å². The van der Waals surface area contributed by atoms with Crippen LogP contribution < -0.4 is 5.73 Å². The van der Waals surface area contributed by atoms with Crippen molar-refractivity contribution in [2.45, 2.75) is 25.7 Å². The Morgan fingerprint density at radius 3 is 3.00 bits per heavy atom. The van der Waals surface area contributed by atoms with Crippen molar-refractivity contribution >= 4 is 5.82 Å². The average molecular weight is 176 g/mol. The Morgan fingerprint density at radius 2 is 2.31 bits per heavy atom. The molecule has 2 nitrogen and oxygen atoms in total. The van der Waals surface area contributed by atoms with Gasteiger partial charge in [-0.25, -0.2) is 4.98 Å². The van der Waals surface area contributed by atoms with E-state index in [-0.39, 0.29) is 0 Å². The van der Waals surface area contributed by atoms with Crippen LogP contribution in [-0.2, 0) is 6.42 Å². The van der Waals surface area contributed by atoms with Gasteiger partial charge in [-0.15, -0.1) is 6.58 Å². The van der Waals surface area contributed by atoms with Crippen LogP contribution in [0.5, 0.6) is 0 Å². The van der Waals surface area contributed by atoms with Gasteiger partial charge in [0.25, 0.3) is 0 Å². The number of hydrogen-bond donors (Lipinski definition) is 1. The lowest BCUT2D eigenvalue weighted by Gasteiger charge is -2.02. The molecule has 0 aliphatic heterocycles. The molecule has 0 aliphatic carbocycles. The second-order valence-corrected chi connectivity index (χ2v) is 3.08. The van der Waals surface area contributed by atoms with E-state index in [1.54, 1.807) is 6.20 Å². The molecule has 0 aromatic carbocycles. The molecule has 1 aromatic heterocycles. The normalized spacial score (nSPS) is 9.85. The van der Waals surface area contributed by atoms with Crippen LogP contribution in [0.2, 0.25) is 0 Å². The summed E-state index contributed by atoms with van der Waals surface area (Å²) in [5.74, 6) is 0.668. The number of nitrogen functional groups attached to an aromatic ring is 1. The fourth-order valence-corrected chi connectivity index (χ4v) is 1.27. The van der Waals surface area contributed by atoms with Gasteiger partial charge >= 0.3 is 0 Å². The molecule has 0 unspecified atom stereocenters. The van der Waals surface area contributed by atoms with E-state index in [0.717, 1.165) is 24.8 Å². The Hall–Kier alpha value is -1.31. The first kappa shape index (κ1) is 9.78. The fraction of sp³-hybridized carbons (Fsp3) is 0.364. The van der Waals surface area contributed by atoms with Gasteiger partial charge in [0.2, 0.25) is 0 Å². The summed E-state index contributed by atoms with van der Waals surface area (Å²) in [5.41, 5.74) is 6.86. The van der Waals surface area contributed by atoms with E-state index >= 15 is 0 Å². The number of nitrogens with two attached hydrogens (primary N) is 1. The molecule has 1 heterocycles. The summed E-state index contributed by atoms with van der Waals surface area (Å²) in [6.45, 7) is 3.69. The highest BCUT2D eigenvalue weighted by Crippen LogP contribution is 2.11. The number of hydrogen-bond acceptors (Lipinski definition) is 2. The minimum absolute atomic E-state index is 0.668. The minimum Gasteiger partial charge on any atom is -0.383 e. The van der Waals surface area contributed by atoms with Crippen LogP contribution in [0.3, 0.4) is 0 Å². The Balaban J connectivity index is 2.36. The van der Waals surface area contributed by atoms with E-state index in [4.69, 9.17) is 5.73 Å². The molecule has 0 amide bonds. The molecule has 0 atom stereocenters. The summed E-state index contributed by atoms with van der Waals surface area (Å²) < 4.78 is 0. The van der Waals surface area contributed by atoms with E-state index in [1.165, 1.54) is 6.42 Å². The molecule has 2 heteroatoms. The molecule has 0 bridgehead atoms. The molecule has 0 fully saturated rings. The summed E-state index contributed by atoms with van der Waals surface area (Å²) in [6.07, 6.45) is 8.11. The standard InChI is InChI=1S/C11H16N2/c1-2-3-4-5-7-10-8-6-9-13-11(10)12/h2,6,8-9H,1,3-5,7H2,(H2,12,13). The maximum absolute atomic E-state index is 5.70. The van der Waals surface area contributed by atoms with Crippen molar-refractivity contribution < 1.29 is 0 Å². The summed E-state index contributed by atoms with van der Waals surface area (Å²) in [6, 6.07) is 3.97. The third-order valence-electron chi connectivity index (χ3n) is 2.03. The molecule has 2 N–H and O–H groups in total. The van der Waals surface area contributed by atoms with Crippen molar-refractivity contribution in [1.82, 2.24) is 4.98 Å². The van der Waals surface area contributed by atoms with Crippen molar-refractivity contribution in [3.63, 3.8) is 0 Å². The average Bonchev–Trinajstić information content (AvgIpc) is 2.15. The zero-order valence-electron chi connectivity index (χ0n) is 7.87. The highest BCUT2D eigenvalue weighted by Gasteiger charge is 1.97. The zero-order chi connectivity index (χ0) is 9.52. The molecule has 70 valence electrons. The summed E-state index contributed by atoms with van der Waals surface area (Å²) >= 11 is 0. The van der Waals surface area contributed by atoms with Crippen LogP contribution in [0, 0.1) is 0 Å². The molecule has 1 rings (SSSR count). The summed E-state index contributed by atoms with van der Waals surface area (Å²) in [5, 5.41) is 0. The lowest BCUT2D eigenvalue weighted by atomic mass is 10.1. The second-order valence-electron chi connectivity index (χ2n) is 3.08. The maximum Gasteiger partial charge on any atom is 0.126 e. The second kappa shape index (κ2) is 5.36. The van der Waals surface area contributed by atoms with Gasteiger partial charge in [-0.2, -0.15) is 0 Å². The SMILES string of the molecule is C=CCCCCc1cccnc1N. The Bertz CT molecular complexity index is 269. The number of aryl methyl sites for hydroxylation is 1. The van der Waals surface area contributed by atoms with Crippen molar-refractivity contribution in [2.24, 2.45) is 0 Å². The number of pyridine rings is 1. The van der Waals surface area contributed by atoms with Gasteiger partial charge in [0, 0.05) is 6.20 Å². The van der Waals surface area contributed by atoms with Gasteiger partial charge in [0.05, 0.1) is 0 Å². The third kappa shape index (κ3) is 3.28. The van der Waals surface area contributed by atoms with Crippen molar-refractivity contribution in [1.29, 1.82) is 0 Å². The summed E-state index contributed by atoms with van der Waals surface area (Å²) in [4.78, 5) is 4.04. The quantitative estimate of drug-likeness (QED) is 0.553. The maximum atomic E-state index is 5.70. The molecule has 0 radical (unpaired) electrons. The van der Waals surface area contributed by atoms with Crippen molar-refractivity contribution in [2.75, 3.05) is 5.73 Å². The minimum atomic E-state index is 0.668. The first-order chi connectivity index (χ1) is 6.34. The highest BCUT2D eigenvalue weighted by atomic mass is 14.8. The van der Waals surface area contributed by atoms with Crippen LogP contribution in [-0.4, -0.2) is 4.98 Å². The van der Waals surface area contributed by atoms with E-state index in [0.29, 0.717) is 5.82 Å². The van der Waals surface area contributed by atoms with E-state index in [1.807, 2.05) is 18.2 Å². The third-order valence-corrected chi connectivity index (χ3v) is 2.03. The molecule has 0 saturated carbocycles. The van der Waals surface area contributed by atoms with Gasteiger partial charge in [-0.05, 0) is 37.3 Å². The van der Waals surface area contributed by atoms with Gasteiger partial charge in [-0.3, -0.25) is 0 Å². The topological polar surface area (TPSA) is 38.9 Å². The van der Waals surface area contributed by atoms with Crippen LogP contribution in [0.25, 0.3) is 0 Å². The number of anilines is 1. The number of allylic oxidation sites excluding steroid dienone is 1. The van der Waals surface area contributed by atoms with Crippen LogP contribution in [0.1, 0.15) is 24.8 Å². The predicted octanol–water partition coefficient (Wildman–Crippen LogP) is 2.56. The smallest absolute Gasteiger partial charge is 0.126 e. The fourth-order valence-electron chi connectivity index (χ4n) is 1.27. The van der Waals surface area contributed by atoms with Crippen molar-refractivity contribution in [3.8, 4) is 0 Å². The zero-order valence-corrected chi connectivity index (χ0v) is 7.87. The predicted molar refractivity (Wildman–Crippen MR) is 56.4 cm³/mol. The Kier molecular flexibility index (Phi) is 4.03. The first-order valence-electron chi connectivity index (χ1n) is 4.65. The van der Waals surface area contributed by atoms with Crippen molar-refractivity contribution in [3.05, 3.63) is 36.5 Å². The number of aromatic nitrogens is 1. The molecule has 0 saturated heterocycles. The molecular formula is C11H16N2. The number of rotatable bonds is 5. The van der Waals surface area contributed by atoms with Crippen LogP contribution in [0.15, 0.2) is 31.0 Å². The highest BCUT2D eigenvalue weighted by molar-refractivity contribution is 5.38. The molecule has 0 aliphatic rings.